The predicted molar refractivity (Wildman–Crippen MR) is 56.3 cm³/mol. The molecular formula is C11H19NO2. The Morgan fingerprint density at radius 1 is 1.14 bits per heavy atom. The fourth-order valence-corrected chi connectivity index (χ4v) is 1.80. The van der Waals surface area contributed by atoms with Gasteiger partial charge in [-0.2, -0.15) is 0 Å². The van der Waals surface area contributed by atoms with E-state index < -0.39 is 5.97 Å². The third kappa shape index (κ3) is 5.02. The Morgan fingerprint density at radius 2 is 1.71 bits per heavy atom. The van der Waals surface area contributed by atoms with Crippen LogP contribution < -0.4 is 0 Å². The molecule has 0 radical (unpaired) electrons. The van der Waals surface area contributed by atoms with Gasteiger partial charge >= 0.3 is 5.97 Å². The van der Waals surface area contributed by atoms with Crippen LogP contribution in [-0.4, -0.2) is 35.6 Å². The molecule has 1 N–H and O–H groups in total. The Morgan fingerprint density at radius 3 is 2.29 bits per heavy atom. The van der Waals surface area contributed by atoms with E-state index in [0.717, 1.165) is 19.6 Å². The quantitative estimate of drug-likeness (QED) is 0.702. The lowest BCUT2D eigenvalue weighted by atomic mass is 10.1. The summed E-state index contributed by atoms with van der Waals surface area (Å²) in [5.41, 5.74) is 0. The molecular weight excluding hydrogens is 178 g/mol. The second-order valence-electron chi connectivity index (χ2n) is 3.81. The zero-order valence-corrected chi connectivity index (χ0v) is 8.61. The first-order valence-corrected chi connectivity index (χ1v) is 5.41. The zero-order chi connectivity index (χ0) is 10.2. The fourth-order valence-electron chi connectivity index (χ4n) is 1.80. The highest BCUT2D eigenvalue weighted by atomic mass is 16.4. The number of aliphatic carboxylic acids is 1. The van der Waals surface area contributed by atoms with E-state index in [1.807, 2.05) is 0 Å². The molecule has 14 heavy (non-hydrogen) atoms. The highest BCUT2D eigenvalue weighted by Crippen LogP contribution is 2.09. The van der Waals surface area contributed by atoms with Crippen molar-refractivity contribution in [1.29, 1.82) is 0 Å². The lowest BCUT2D eigenvalue weighted by Gasteiger charge is -2.22. The summed E-state index contributed by atoms with van der Waals surface area (Å²) in [4.78, 5) is 12.6. The van der Waals surface area contributed by atoms with Gasteiger partial charge in [-0.05, 0) is 25.9 Å². The van der Waals surface area contributed by atoms with Gasteiger partial charge in [0.05, 0.1) is 0 Å². The highest BCUT2D eigenvalue weighted by molar-refractivity contribution is 5.79. The van der Waals surface area contributed by atoms with Gasteiger partial charge in [-0.1, -0.05) is 25.3 Å². The molecule has 0 bridgehead atoms. The molecule has 0 aromatic heterocycles. The molecule has 0 aromatic carbocycles. The van der Waals surface area contributed by atoms with E-state index in [4.69, 9.17) is 5.11 Å². The number of carboxylic acids is 1. The predicted octanol–water partition coefficient (Wildman–Crippen LogP) is 1.89. The van der Waals surface area contributed by atoms with Crippen molar-refractivity contribution < 1.29 is 9.90 Å². The molecule has 0 unspecified atom stereocenters. The Kier molecular flexibility index (Phi) is 5.30. The van der Waals surface area contributed by atoms with Gasteiger partial charge in [-0.15, -0.1) is 0 Å². The third-order valence-corrected chi connectivity index (χ3v) is 2.57. The van der Waals surface area contributed by atoms with Crippen LogP contribution >= 0.6 is 0 Å². The largest absolute Gasteiger partial charge is 0.478 e. The second-order valence-corrected chi connectivity index (χ2v) is 3.81. The van der Waals surface area contributed by atoms with Crippen LogP contribution in [-0.2, 0) is 4.79 Å². The zero-order valence-electron chi connectivity index (χ0n) is 8.61. The standard InChI is InChI=1S/C11H19NO2/c13-11(14)7-6-10-12-8-4-2-1-3-5-9-12/h6-7H,1-5,8-10H2,(H,13,14)/b7-6+. The number of carbonyl (C=O) groups is 1. The number of hydrogen-bond donors (Lipinski definition) is 1. The minimum atomic E-state index is -0.850. The van der Waals surface area contributed by atoms with Gasteiger partial charge in [0, 0.05) is 12.6 Å². The third-order valence-electron chi connectivity index (χ3n) is 2.57. The Balaban J connectivity index is 2.23. The molecule has 1 fully saturated rings. The molecule has 1 saturated heterocycles. The van der Waals surface area contributed by atoms with E-state index in [2.05, 4.69) is 4.90 Å². The topological polar surface area (TPSA) is 40.5 Å². The maximum Gasteiger partial charge on any atom is 0.328 e. The monoisotopic (exact) mass is 197 g/mol. The first-order chi connectivity index (χ1) is 6.79. The molecule has 0 atom stereocenters. The smallest absolute Gasteiger partial charge is 0.328 e. The molecule has 1 aliphatic rings. The SMILES string of the molecule is O=C(O)/C=C/CN1CCCCCCC1. The van der Waals surface area contributed by atoms with Crippen molar-refractivity contribution in [2.24, 2.45) is 0 Å². The van der Waals surface area contributed by atoms with Crippen LogP contribution in [0.25, 0.3) is 0 Å². The summed E-state index contributed by atoms with van der Waals surface area (Å²) in [5.74, 6) is -0.850. The number of carboxylic acid groups (broad SMARTS) is 1. The van der Waals surface area contributed by atoms with E-state index in [-0.39, 0.29) is 0 Å². The highest BCUT2D eigenvalue weighted by Gasteiger charge is 2.05. The van der Waals surface area contributed by atoms with E-state index in [9.17, 15) is 4.79 Å². The molecule has 80 valence electrons. The molecule has 1 rings (SSSR count). The first kappa shape index (κ1) is 11.2. The summed E-state index contributed by atoms with van der Waals surface area (Å²) in [7, 11) is 0. The van der Waals surface area contributed by atoms with Gasteiger partial charge in [0.1, 0.15) is 0 Å². The second kappa shape index (κ2) is 6.60. The van der Waals surface area contributed by atoms with E-state index in [1.54, 1.807) is 6.08 Å². The summed E-state index contributed by atoms with van der Waals surface area (Å²) in [5, 5.41) is 8.44. The Labute approximate surface area is 85.4 Å². The van der Waals surface area contributed by atoms with Crippen LogP contribution in [0.15, 0.2) is 12.2 Å². The van der Waals surface area contributed by atoms with Crippen molar-refractivity contribution in [2.45, 2.75) is 32.1 Å². The van der Waals surface area contributed by atoms with Crippen LogP contribution in [0.5, 0.6) is 0 Å². The fraction of sp³-hybridized carbons (Fsp3) is 0.727. The van der Waals surface area contributed by atoms with Gasteiger partial charge in [-0.25, -0.2) is 4.79 Å². The van der Waals surface area contributed by atoms with Gasteiger partial charge in [0.15, 0.2) is 0 Å². The number of nitrogens with zero attached hydrogens (tertiary/aromatic N) is 1. The van der Waals surface area contributed by atoms with Crippen LogP contribution in [0.2, 0.25) is 0 Å². The van der Waals surface area contributed by atoms with Crippen molar-refractivity contribution in [3.8, 4) is 0 Å². The minimum Gasteiger partial charge on any atom is -0.478 e. The van der Waals surface area contributed by atoms with Crippen molar-refractivity contribution in [1.82, 2.24) is 4.90 Å². The van der Waals surface area contributed by atoms with Gasteiger partial charge in [0.25, 0.3) is 0 Å². The number of likely N-dealkylation sites (tertiary alicyclic amines) is 1. The summed E-state index contributed by atoms with van der Waals surface area (Å²) >= 11 is 0. The van der Waals surface area contributed by atoms with Crippen molar-refractivity contribution >= 4 is 5.97 Å². The number of hydrogen-bond acceptors (Lipinski definition) is 2. The Hall–Kier alpha value is -0.830. The summed E-state index contributed by atoms with van der Waals surface area (Å²) in [6.07, 6.45) is 9.47. The lowest BCUT2D eigenvalue weighted by molar-refractivity contribution is -0.131. The van der Waals surface area contributed by atoms with Crippen LogP contribution in [0, 0.1) is 0 Å². The van der Waals surface area contributed by atoms with Crippen molar-refractivity contribution in [2.75, 3.05) is 19.6 Å². The molecule has 0 saturated carbocycles. The van der Waals surface area contributed by atoms with Crippen LogP contribution in [0.3, 0.4) is 0 Å². The summed E-state index contributed by atoms with van der Waals surface area (Å²) < 4.78 is 0. The molecule has 0 spiro atoms. The van der Waals surface area contributed by atoms with Gasteiger partial charge in [0.2, 0.25) is 0 Å². The molecule has 1 heterocycles. The maximum absolute atomic E-state index is 10.3. The molecule has 3 heteroatoms. The number of rotatable bonds is 3. The average Bonchev–Trinajstić information content (AvgIpc) is 2.07. The normalized spacial score (nSPS) is 20.6. The molecule has 0 amide bonds. The van der Waals surface area contributed by atoms with Crippen LogP contribution in [0.4, 0.5) is 0 Å². The molecule has 1 aliphatic heterocycles. The van der Waals surface area contributed by atoms with Gasteiger partial charge < -0.3 is 5.11 Å². The van der Waals surface area contributed by atoms with E-state index >= 15 is 0 Å². The average molecular weight is 197 g/mol. The van der Waals surface area contributed by atoms with Crippen LogP contribution in [0.1, 0.15) is 32.1 Å². The van der Waals surface area contributed by atoms with Crippen molar-refractivity contribution in [3.63, 3.8) is 0 Å². The van der Waals surface area contributed by atoms with Gasteiger partial charge in [-0.3, -0.25) is 4.90 Å². The minimum absolute atomic E-state index is 0.784. The first-order valence-electron chi connectivity index (χ1n) is 5.41. The lowest BCUT2D eigenvalue weighted by Crippen LogP contribution is -2.27. The van der Waals surface area contributed by atoms with E-state index in [0.29, 0.717) is 0 Å². The van der Waals surface area contributed by atoms with E-state index in [1.165, 1.54) is 38.2 Å². The molecule has 0 aliphatic carbocycles. The molecule has 3 nitrogen and oxygen atoms in total. The van der Waals surface area contributed by atoms with Crippen molar-refractivity contribution in [3.05, 3.63) is 12.2 Å². The Bertz CT molecular complexity index is 193. The maximum atomic E-state index is 10.3. The summed E-state index contributed by atoms with van der Waals surface area (Å²) in [6, 6.07) is 0. The molecule has 0 aromatic rings. The summed E-state index contributed by atoms with van der Waals surface area (Å²) in [6.45, 7) is 3.01.